The summed E-state index contributed by atoms with van der Waals surface area (Å²) in [6.07, 6.45) is 0. The summed E-state index contributed by atoms with van der Waals surface area (Å²) in [6.45, 7) is 4.48. The van der Waals surface area contributed by atoms with E-state index in [0.717, 1.165) is 11.1 Å². The third-order valence-electron chi connectivity index (χ3n) is 3.96. The van der Waals surface area contributed by atoms with Crippen molar-refractivity contribution in [2.45, 2.75) is 20.4 Å². The molecule has 0 bridgehead atoms. The van der Waals surface area contributed by atoms with Gasteiger partial charge >= 0.3 is 0 Å². The van der Waals surface area contributed by atoms with E-state index in [0.29, 0.717) is 17.8 Å². The van der Waals surface area contributed by atoms with Gasteiger partial charge in [-0.15, -0.1) is 0 Å². The first-order valence-corrected chi connectivity index (χ1v) is 7.61. The van der Waals surface area contributed by atoms with Crippen LogP contribution in [0.4, 0.5) is 11.4 Å². The van der Waals surface area contributed by atoms with Gasteiger partial charge in [0, 0.05) is 32.3 Å². The highest BCUT2D eigenvalue weighted by Crippen LogP contribution is 2.26. The lowest BCUT2D eigenvalue weighted by Gasteiger charge is -2.19. The maximum Gasteiger partial charge on any atom is 0.293 e. The molecule has 2 rings (SSSR count). The van der Waals surface area contributed by atoms with Gasteiger partial charge in [-0.2, -0.15) is 0 Å². The van der Waals surface area contributed by atoms with Gasteiger partial charge < -0.3 is 10.2 Å². The minimum atomic E-state index is -0.493. The molecule has 0 aliphatic heterocycles. The molecule has 0 saturated carbocycles. The van der Waals surface area contributed by atoms with Gasteiger partial charge in [0.1, 0.15) is 5.69 Å². The highest BCUT2D eigenvalue weighted by molar-refractivity contribution is 5.95. The van der Waals surface area contributed by atoms with Gasteiger partial charge in [-0.05, 0) is 37.1 Å². The number of aryl methyl sites for hydroxylation is 2. The number of nitro benzene ring substituents is 1. The van der Waals surface area contributed by atoms with Crippen LogP contribution in [0.1, 0.15) is 27.0 Å². The second kappa shape index (κ2) is 7.12. The number of hydrogen-bond acceptors (Lipinski definition) is 4. The molecular formula is C18H21N3O3. The lowest BCUT2D eigenvalue weighted by molar-refractivity contribution is -0.384. The second-order valence-electron chi connectivity index (χ2n) is 5.83. The van der Waals surface area contributed by atoms with Crippen LogP contribution in [0.3, 0.4) is 0 Å². The molecule has 2 aromatic carbocycles. The Hall–Kier alpha value is -2.89. The van der Waals surface area contributed by atoms with Gasteiger partial charge in [0.25, 0.3) is 11.6 Å². The van der Waals surface area contributed by atoms with Crippen LogP contribution in [0.2, 0.25) is 0 Å². The van der Waals surface area contributed by atoms with Crippen LogP contribution in [0.15, 0.2) is 36.4 Å². The van der Waals surface area contributed by atoms with Gasteiger partial charge in [-0.1, -0.05) is 23.8 Å². The number of carbonyl (C=O) groups excluding carboxylic acids is 1. The average molecular weight is 327 g/mol. The molecule has 0 spiro atoms. The summed E-state index contributed by atoms with van der Waals surface area (Å²) in [5.74, 6) is -0.249. The fourth-order valence-electron chi connectivity index (χ4n) is 2.60. The molecule has 0 radical (unpaired) electrons. The van der Waals surface area contributed by atoms with Crippen molar-refractivity contribution in [1.82, 2.24) is 4.90 Å². The molecular weight excluding hydrogens is 306 g/mol. The van der Waals surface area contributed by atoms with Crippen molar-refractivity contribution in [1.29, 1.82) is 0 Å². The number of carbonyl (C=O) groups is 1. The second-order valence-corrected chi connectivity index (χ2v) is 5.83. The van der Waals surface area contributed by atoms with E-state index < -0.39 is 4.92 Å². The van der Waals surface area contributed by atoms with Crippen molar-refractivity contribution in [3.05, 3.63) is 68.8 Å². The molecule has 1 amide bonds. The Balaban J connectivity index is 2.24. The first-order valence-electron chi connectivity index (χ1n) is 7.61. The zero-order valence-corrected chi connectivity index (χ0v) is 14.3. The molecule has 24 heavy (non-hydrogen) atoms. The van der Waals surface area contributed by atoms with Crippen molar-refractivity contribution >= 4 is 17.3 Å². The first-order chi connectivity index (χ1) is 11.3. The summed E-state index contributed by atoms with van der Waals surface area (Å²) >= 11 is 0. The van der Waals surface area contributed by atoms with Crippen molar-refractivity contribution in [2.75, 3.05) is 19.4 Å². The highest BCUT2D eigenvalue weighted by atomic mass is 16.6. The molecule has 0 atom stereocenters. The number of nitro groups is 1. The topological polar surface area (TPSA) is 75.5 Å². The Morgan fingerprint density at radius 1 is 1.21 bits per heavy atom. The van der Waals surface area contributed by atoms with Crippen LogP contribution < -0.4 is 5.32 Å². The van der Waals surface area contributed by atoms with Crippen LogP contribution in [0, 0.1) is 24.0 Å². The molecule has 0 fully saturated rings. The maximum absolute atomic E-state index is 12.6. The standard InChI is InChI=1S/C18H21N3O3/c1-12-5-6-15(13(2)9-12)11-20(4)18(22)14-7-8-16(19-3)17(10-14)21(23)24/h5-10,19H,11H2,1-4H3. The Kier molecular flexibility index (Phi) is 5.18. The highest BCUT2D eigenvalue weighted by Gasteiger charge is 2.19. The Morgan fingerprint density at radius 3 is 2.50 bits per heavy atom. The number of nitrogens with zero attached hydrogens (tertiary/aromatic N) is 2. The lowest BCUT2D eigenvalue weighted by Crippen LogP contribution is -2.26. The monoisotopic (exact) mass is 327 g/mol. The summed E-state index contributed by atoms with van der Waals surface area (Å²) < 4.78 is 0. The van der Waals surface area contributed by atoms with Crippen molar-refractivity contribution in [2.24, 2.45) is 0 Å². The van der Waals surface area contributed by atoms with Crippen LogP contribution in [-0.2, 0) is 6.54 Å². The molecule has 0 aliphatic carbocycles. The zero-order chi connectivity index (χ0) is 17.9. The maximum atomic E-state index is 12.6. The molecule has 0 saturated heterocycles. The third kappa shape index (κ3) is 3.71. The Labute approximate surface area is 141 Å². The van der Waals surface area contributed by atoms with E-state index in [1.165, 1.54) is 11.6 Å². The van der Waals surface area contributed by atoms with Crippen LogP contribution in [-0.4, -0.2) is 29.8 Å². The van der Waals surface area contributed by atoms with Gasteiger partial charge in [0.2, 0.25) is 0 Å². The van der Waals surface area contributed by atoms with E-state index in [9.17, 15) is 14.9 Å². The molecule has 6 nitrogen and oxygen atoms in total. The van der Waals surface area contributed by atoms with Crippen LogP contribution in [0.5, 0.6) is 0 Å². The average Bonchev–Trinajstić information content (AvgIpc) is 2.55. The number of benzene rings is 2. The summed E-state index contributed by atoms with van der Waals surface area (Å²) in [7, 11) is 3.30. The minimum Gasteiger partial charge on any atom is -0.383 e. The van der Waals surface area contributed by atoms with Crippen molar-refractivity contribution < 1.29 is 9.72 Å². The van der Waals surface area contributed by atoms with Gasteiger partial charge in [-0.3, -0.25) is 14.9 Å². The lowest BCUT2D eigenvalue weighted by atomic mass is 10.0. The number of nitrogens with one attached hydrogen (secondary N) is 1. The van der Waals surface area contributed by atoms with E-state index in [1.807, 2.05) is 26.0 Å². The van der Waals surface area contributed by atoms with E-state index in [-0.39, 0.29) is 11.6 Å². The zero-order valence-electron chi connectivity index (χ0n) is 14.3. The quantitative estimate of drug-likeness (QED) is 0.673. The van der Waals surface area contributed by atoms with Gasteiger partial charge in [0.05, 0.1) is 4.92 Å². The third-order valence-corrected chi connectivity index (χ3v) is 3.96. The van der Waals surface area contributed by atoms with E-state index in [1.54, 1.807) is 31.1 Å². The molecule has 0 aliphatic rings. The van der Waals surface area contributed by atoms with Crippen molar-refractivity contribution in [3.8, 4) is 0 Å². The Morgan fingerprint density at radius 2 is 1.92 bits per heavy atom. The fraction of sp³-hybridized carbons (Fsp3) is 0.278. The summed E-state index contributed by atoms with van der Waals surface area (Å²) in [4.78, 5) is 24.8. The fourth-order valence-corrected chi connectivity index (χ4v) is 2.60. The first kappa shape index (κ1) is 17.5. The van der Waals surface area contributed by atoms with E-state index in [4.69, 9.17) is 0 Å². The van der Waals surface area contributed by atoms with Crippen LogP contribution in [0.25, 0.3) is 0 Å². The molecule has 0 aromatic heterocycles. The Bertz CT molecular complexity index is 787. The van der Waals surface area contributed by atoms with E-state index >= 15 is 0 Å². The van der Waals surface area contributed by atoms with Crippen LogP contribution >= 0.6 is 0 Å². The number of rotatable bonds is 5. The normalized spacial score (nSPS) is 10.3. The summed E-state index contributed by atoms with van der Waals surface area (Å²) in [6, 6.07) is 10.5. The minimum absolute atomic E-state index is 0.108. The summed E-state index contributed by atoms with van der Waals surface area (Å²) in [5.41, 5.74) is 3.91. The van der Waals surface area contributed by atoms with E-state index in [2.05, 4.69) is 11.4 Å². The van der Waals surface area contributed by atoms with Gasteiger partial charge in [-0.25, -0.2) is 0 Å². The molecule has 1 N–H and O–H groups in total. The molecule has 0 heterocycles. The van der Waals surface area contributed by atoms with Gasteiger partial charge in [0.15, 0.2) is 0 Å². The molecule has 126 valence electrons. The predicted octanol–water partition coefficient (Wildman–Crippen LogP) is 3.53. The SMILES string of the molecule is CNc1ccc(C(=O)N(C)Cc2ccc(C)cc2C)cc1[N+](=O)[O-]. The molecule has 6 heteroatoms. The molecule has 2 aromatic rings. The smallest absolute Gasteiger partial charge is 0.293 e. The predicted molar refractivity (Wildman–Crippen MR) is 94.4 cm³/mol. The molecule has 0 unspecified atom stereocenters. The summed E-state index contributed by atoms with van der Waals surface area (Å²) in [5, 5.41) is 13.9. The van der Waals surface area contributed by atoms with Crippen molar-refractivity contribution in [3.63, 3.8) is 0 Å². The number of anilines is 1. The number of hydrogen-bond donors (Lipinski definition) is 1. The number of amides is 1. The largest absolute Gasteiger partial charge is 0.383 e.